The Morgan fingerprint density at radius 3 is 2.52 bits per heavy atom. The predicted molar refractivity (Wildman–Crippen MR) is 84.2 cm³/mol. The number of aryl methyl sites for hydroxylation is 1. The average molecular weight is 285 g/mol. The SMILES string of the molecule is CCC(C)NC(=O)C(Cc1ccco1)c1ccc(C)cc1. The van der Waals surface area contributed by atoms with Crippen molar-refractivity contribution < 1.29 is 9.21 Å². The van der Waals surface area contributed by atoms with Crippen molar-refractivity contribution in [2.24, 2.45) is 0 Å². The number of rotatable bonds is 6. The van der Waals surface area contributed by atoms with Crippen molar-refractivity contribution in [3.63, 3.8) is 0 Å². The molecule has 0 aliphatic heterocycles. The van der Waals surface area contributed by atoms with E-state index in [1.165, 1.54) is 5.56 Å². The summed E-state index contributed by atoms with van der Waals surface area (Å²) in [5, 5.41) is 3.07. The van der Waals surface area contributed by atoms with E-state index in [0.717, 1.165) is 17.7 Å². The second-order valence-electron chi connectivity index (χ2n) is 5.56. The van der Waals surface area contributed by atoms with Gasteiger partial charge in [-0.15, -0.1) is 0 Å². The highest BCUT2D eigenvalue weighted by molar-refractivity contribution is 5.84. The quantitative estimate of drug-likeness (QED) is 0.876. The Labute approximate surface area is 126 Å². The molecule has 0 radical (unpaired) electrons. The zero-order chi connectivity index (χ0) is 15.2. The zero-order valence-electron chi connectivity index (χ0n) is 12.9. The number of benzene rings is 1. The first-order valence-corrected chi connectivity index (χ1v) is 7.49. The first-order valence-electron chi connectivity index (χ1n) is 7.49. The maximum absolute atomic E-state index is 12.6. The molecule has 112 valence electrons. The van der Waals surface area contributed by atoms with Gasteiger partial charge in [-0.05, 0) is 38.0 Å². The molecule has 3 nitrogen and oxygen atoms in total. The molecule has 0 saturated heterocycles. The predicted octanol–water partition coefficient (Wildman–Crippen LogP) is 3.83. The summed E-state index contributed by atoms with van der Waals surface area (Å²) in [7, 11) is 0. The van der Waals surface area contributed by atoms with E-state index in [1.54, 1.807) is 6.26 Å². The van der Waals surface area contributed by atoms with Gasteiger partial charge in [-0.1, -0.05) is 36.8 Å². The van der Waals surface area contributed by atoms with E-state index in [2.05, 4.69) is 12.2 Å². The number of hydrogen-bond acceptors (Lipinski definition) is 2. The Kier molecular flexibility index (Phi) is 5.20. The second kappa shape index (κ2) is 7.11. The minimum absolute atomic E-state index is 0.0598. The van der Waals surface area contributed by atoms with E-state index in [1.807, 2.05) is 50.2 Å². The van der Waals surface area contributed by atoms with Crippen molar-refractivity contribution in [1.29, 1.82) is 0 Å². The molecule has 2 rings (SSSR count). The van der Waals surface area contributed by atoms with Gasteiger partial charge < -0.3 is 9.73 Å². The van der Waals surface area contributed by atoms with Gasteiger partial charge in [-0.25, -0.2) is 0 Å². The highest BCUT2D eigenvalue weighted by atomic mass is 16.3. The Hall–Kier alpha value is -2.03. The number of amides is 1. The van der Waals surface area contributed by atoms with Gasteiger partial charge in [0.1, 0.15) is 5.76 Å². The van der Waals surface area contributed by atoms with E-state index in [-0.39, 0.29) is 17.9 Å². The van der Waals surface area contributed by atoms with Crippen LogP contribution in [0.25, 0.3) is 0 Å². The lowest BCUT2D eigenvalue weighted by Crippen LogP contribution is -2.36. The minimum Gasteiger partial charge on any atom is -0.469 e. The van der Waals surface area contributed by atoms with Gasteiger partial charge in [0.15, 0.2) is 0 Å². The fourth-order valence-electron chi connectivity index (χ4n) is 2.24. The van der Waals surface area contributed by atoms with Crippen LogP contribution >= 0.6 is 0 Å². The highest BCUT2D eigenvalue weighted by Gasteiger charge is 2.23. The average Bonchev–Trinajstić information content (AvgIpc) is 2.98. The summed E-state index contributed by atoms with van der Waals surface area (Å²) in [5.74, 6) is 0.676. The zero-order valence-corrected chi connectivity index (χ0v) is 12.9. The highest BCUT2D eigenvalue weighted by Crippen LogP contribution is 2.22. The van der Waals surface area contributed by atoms with Gasteiger partial charge in [-0.3, -0.25) is 4.79 Å². The molecule has 0 aliphatic carbocycles. The smallest absolute Gasteiger partial charge is 0.228 e. The fourth-order valence-corrected chi connectivity index (χ4v) is 2.24. The molecule has 1 amide bonds. The number of furan rings is 1. The minimum atomic E-state index is -0.217. The van der Waals surface area contributed by atoms with E-state index in [9.17, 15) is 4.79 Å². The number of carbonyl (C=O) groups is 1. The number of hydrogen-bond donors (Lipinski definition) is 1. The van der Waals surface area contributed by atoms with Gasteiger partial charge in [0.05, 0.1) is 12.2 Å². The van der Waals surface area contributed by atoms with Crippen LogP contribution in [0.3, 0.4) is 0 Å². The fraction of sp³-hybridized carbons (Fsp3) is 0.389. The third-order valence-electron chi connectivity index (χ3n) is 3.78. The Balaban J connectivity index is 2.21. The summed E-state index contributed by atoms with van der Waals surface area (Å²) in [4.78, 5) is 12.6. The molecule has 0 saturated carbocycles. The molecule has 1 N–H and O–H groups in total. The second-order valence-corrected chi connectivity index (χ2v) is 5.56. The van der Waals surface area contributed by atoms with Crippen LogP contribution in [0.2, 0.25) is 0 Å². The van der Waals surface area contributed by atoms with E-state index in [4.69, 9.17) is 4.42 Å². The van der Waals surface area contributed by atoms with E-state index in [0.29, 0.717) is 6.42 Å². The lowest BCUT2D eigenvalue weighted by molar-refractivity contribution is -0.123. The molecule has 0 aliphatic rings. The van der Waals surface area contributed by atoms with Crippen LogP contribution in [0.5, 0.6) is 0 Å². The standard InChI is InChI=1S/C18H23NO2/c1-4-14(3)19-18(20)17(12-16-6-5-11-21-16)15-9-7-13(2)8-10-15/h5-11,14,17H,4,12H2,1-3H3,(H,19,20). The Morgan fingerprint density at radius 2 is 1.95 bits per heavy atom. The van der Waals surface area contributed by atoms with Crippen LogP contribution < -0.4 is 5.32 Å². The number of carbonyl (C=O) groups excluding carboxylic acids is 1. The molecule has 0 spiro atoms. The van der Waals surface area contributed by atoms with Crippen molar-refractivity contribution in [3.8, 4) is 0 Å². The maximum atomic E-state index is 12.6. The van der Waals surface area contributed by atoms with Crippen LogP contribution in [0.1, 0.15) is 43.1 Å². The molecule has 2 atom stereocenters. The third-order valence-corrected chi connectivity index (χ3v) is 3.78. The summed E-state index contributed by atoms with van der Waals surface area (Å²) in [6.45, 7) is 6.14. The Morgan fingerprint density at radius 1 is 1.24 bits per heavy atom. The summed E-state index contributed by atoms with van der Waals surface area (Å²) in [6, 6.07) is 12.1. The van der Waals surface area contributed by atoms with E-state index >= 15 is 0 Å². The summed E-state index contributed by atoms with van der Waals surface area (Å²) >= 11 is 0. The van der Waals surface area contributed by atoms with Gasteiger partial charge in [-0.2, -0.15) is 0 Å². The first kappa shape index (κ1) is 15.4. The van der Waals surface area contributed by atoms with Gasteiger partial charge >= 0.3 is 0 Å². The summed E-state index contributed by atoms with van der Waals surface area (Å²) in [6.07, 6.45) is 3.15. The molecular weight excluding hydrogens is 262 g/mol. The maximum Gasteiger partial charge on any atom is 0.228 e. The van der Waals surface area contributed by atoms with Crippen LogP contribution in [0.4, 0.5) is 0 Å². The third kappa shape index (κ3) is 4.22. The molecule has 1 heterocycles. The van der Waals surface area contributed by atoms with Gasteiger partial charge in [0.25, 0.3) is 0 Å². The normalized spacial score (nSPS) is 13.7. The van der Waals surface area contributed by atoms with Crippen molar-refractivity contribution in [2.45, 2.75) is 45.6 Å². The van der Waals surface area contributed by atoms with Gasteiger partial charge in [0, 0.05) is 12.5 Å². The first-order chi connectivity index (χ1) is 10.1. The molecule has 21 heavy (non-hydrogen) atoms. The molecule has 1 aromatic carbocycles. The largest absolute Gasteiger partial charge is 0.469 e. The van der Waals surface area contributed by atoms with Crippen LogP contribution in [-0.4, -0.2) is 11.9 Å². The van der Waals surface area contributed by atoms with Crippen molar-refractivity contribution in [1.82, 2.24) is 5.32 Å². The van der Waals surface area contributed by atoms with Crippen LogP contribution in [0, 0.1) is 6.92 Å². The molecule has 2 aromatic rings. The molecule has 2 unspecified atom stereocenters. The lowest BCUT2D eigenvalue weighted by atomic mass is 9.92. The molecule has 3 heteroatoms. The van der Waals surface area contributed by atoms with E-state index < -0.39 is 0 Å². The summed E-state index contributed by atoms with van der Waals surface area (Å²) in [5.41, 5.74) is 2.22. The Bertz CT molecular complexity index is 557. The van der Waals surface area contributed by atoms with Crippen molar-refractivity contribution >= 4 is 5.91 Å². The monoisotopic (exact) mass is 285 g/mol. The summed E-state index contributed by atoms with van der Waals surface area (Å²) < 4.78 is 5.41. The van der Waals surface area contributed by atoms with Crippen molar-refractivity contribution in [3.05, 3.63) is 59.5 Å². The van der Waals surface area contributed by atoms with Crippen molar-refractivity contribution in [2.75, 3.05) is 0 Å². The lowest BCUT2D eigenvalue weighted by Gasteiger charge is -2.19. The number of nitrogens with one attached hydrogen (secondary N) is 1. The molecule has 1 aromatic heterocycles. The topological polar surface area (TPSA) is 42.2 Å². The van der Waals surface area contributed by atoms with Crippen LogP contribution in [0.15, 0.2) is 47.1 Å². The molecule has 0 fully saturated rings. The molecule has 0 bridgehead atoms. The van der Waals surface area contributed by atoms with Gasteiger partial charge in [0.2, 0.25) is 5.91 Å². The molecular formula is C18H23NO2. The van der Waals surface area contributed by atoms with Crippen LogP contribution in [-0.2, 0) is 11.2 Å².